The molecule has 0 aliphatic carbocycles. The van der Waals surface area contributed by atoms with Gasteiger partial charge in [-0.3, -0.25) is 0 Å². The number of aromatic amines is 1. The predicted octanol–water partition coefficient (Wildman–Crippen LogP) is 1.96. The Morgan fingerprint density at radius 3 is 3.00 bits per heavy atom. The summed E-state index contributed by atoms with van der Waals surface area (Å²) in [5.41, 5.74) is 2.03. The molecule has 6 nitrogen and oxygen atoms in total. The summed E-state index contributed by atoms with van der Waals surface area (Å²) in [6.45, 7) is 2.35. The number of hydrogen-bond acceptors (Lipinski definition) is 4. The van der Waals surface area contributed by atoms with Crippen molar-refractivity contribution >= 4 is 26.0 Å². The zero-order valence-electron chi connectivity index (χ0n) is 12.6. The second-order valence-electron chi connectivity index (χ2n) is 5.50. The lowest BCUT2D eigenvalue weighted by atomic mass is 10.2. The van der Waals surface area contributed by atoms with Gasteiger partial charge >= 0.3 is 0 Å². The maximum Gasteiger partial charge on any atom is 0.214 e. The van der Waals surface area contributed by atoms with E-state index in [1.54, 1.807) is 4.31 Å². The van der Waals surface area contributed by atoms with Crippen LogP contribution in [0, 0.1) is 0 Å². The van der Waals surface area contributed by atoms with Crippen LogP contribution in [-0.2, 0) is 16.6 Å². The van der Waals surface area contributed by atoms with Crippen LogP contribution in [0.4, 0.5) is 0 Å². The molecule has 1 fully saturated rings. The number of benzene rings is 1. The molecule has 124 valence electrons. The van der Waals surface area contributed by atoms with Crippen LogP contribution in [-0.4, -0.2) is 48.1 Å². The minimum atomic E-state index is -3.00. The summed E-state index contributed by atoms with van der Waals surface area (Å²) in [5.74, 6) is 1.12. The highest BCUT2D eigenvalue weighted by atomic mass is 79.9. The molecule has 1 aromatic carbocycles. The number of nitrogens with zero attached hydrogens (tertiary/aromatic N) is 2. The number of sulfonamides is 1. The van der Waals surface area contributed by atoms with Gasteiger partial charge in [0.05, 0.1) is 24.2 Å². The van der Waals surface area contributed by atoms with E-state index in [9.17, 15) is 8.42 Å². The smallest absolute Gasteiger partial charge is 0.214 e. The van der Waals surface area contributed by atoms with E-state index >= 15 is 0 Å². The SMILES string of the molecule is O=S1(=O)CCCN1CCNCc1ncc(-c2cccc(Br)c2)[nH]1. The highest BCUT2D eigenvalue weighted by Crippen LogP contribution is 2.21. The molecule has 1 aliphatic heterocycles. The van der Waals surface area contributed by atoms with Gasteiger partial charge in [0, 0.05) is 29.7 Å². The van der Waals surface area contributed by atoms with E-state index in [1.807, 2.05) is 30.5 Å². The van der Waals surface area contributed by atoms with Crippen molar-refractivity contribution in [1.29, 1.82) is 0 Å². The Hall–Kier alpha value is -1.22. The molecule has 1 aliphatic rings. The summed E-state index contributed by atoms with van der Waals surface area (Å²) in [6.07, 6.45) is 2.54. The summed E-state index contributed by atoms with van der Waals surface area (Å²) in [7, 11) is -3.00. The fourth-order valence-electron chi connectivity index (χ4n) is 2.61. The molecule has 8 heteroatoms. The molecule has 0 spiro atoms. The van der Waals surface area contributed by atoms with Crippen LogP contribution in [0.2, 0.25) is 0 Å². The van der Waals surface area contributed by atoms with Gasteiger partial charge in [0.25, 0.3) is 0 Å². The third-order valence-electron chi connectivity index (χ3n) is 3.80. The molecule has 0 amide bonds. The molecule has 2 heterocycles. The average molecular weight is 399 g/mol. The highest BCUT2D eigenvalue weighted by molar-refractivity contribution is 9.10. The van der Waals surface area contributed by atoms with Crippen molar-refractivity contribution in [3.8, 4) is 11.3 Å². The van der Waals surface area contributed by atoms with Gasteiger partial charge in [0.15, 0.2) is 0 Å². The van der Waals surface area contributed by atoms with Gasteiger partial charge in [-0.15, -0.1) is 0 Å². The molecular formula is C15H19BrN4O2S. The lowest BCUT2D eigenvalue weighted by Crippen LogP contribution is -2.33. The van der Waals surface area contributed by atoms with E-state index < -0.39 is 10.0 Å². The fraction of sp³-hybridized carbons (Fsp3) is 0.400. The van der Waals surface area contributed by atoms with E-state index in [1.165, 1.54) is 0 Å². The normalized spacial score (nSPS) is 17.6. The van der Waals surface area contributed by atoms with Gasteiger partial charge in [-0.05, 0) is 18.6 Å². The minimum Gasteiger partial charge on any atom is -0.341 e. The van der Waals surface area contributed by atoms with Crippen molar-refractivity contribution in [3.63, 3.8) is 0 Å². The van der Waals surface area contributed by atoms with Crippen molar-refractivity contribution in [2.45, 2.75) is 13.0 Å². The predicted molar refractivity (Wildman–Crippen MR) is 93.4 cm³/mol. The van der Waals surface area contributed by atoms with Crippen LogP contribution in [0.1, 0.15) is 12.2 Å². The van der Waals surface area contributed by atoms with Crippen LogP contribution in [0.3, 0.4) is 0 Å². The van der Waals surface area contributed by atoms with Crippen LogP contribution < -0.4 is 5.32 Å². The first-order valence-electron chi connectivity index (χ1n) is 7.53. The number of halogens is 1. The molecule has 0 atom stereocenters. The molecule has 23 heavy (non-hydrogen) atoms. The Balaban J connectivity index is 1.50. The molecule has 0 bridgehead atoms. The van der Waals surface area contributed by atoms with Gasteiger partial charge < -0.3 is 10.3 Å². The first-order chi connectivity index (χ1) is 11.0. The van der Waals surface area contributed by atoms with Crippen molar-refractivity contribution in [1.82, 2.24) is 19.6 Å². The van der Waals surface area contributed by atoms with E-state index in [-0.39, 0.29) is 5.75 Å². The van der Waals surface area contributed by atoms with Crippen molar-refractivity contribution in [2.75, 3.05) is 25.4 Å². The van der Waals surface area contributed by atoms with E-state index in [0.717, 1.165) is 28.0 Å². The average Bonchev–Trinajstić information content (AvgIpc) is 3.10. The number of nitrogens with one attached hydrogen (secondary N) is 2. The third kappa shape index (κ3) is 4.20. The Morgan fingerprint density at radius 1 is 1.39 bits per heavy atom. The lowest BCUT2D eigenvalue weighted by molar-refractivity contribution is 0.433. The van der Waals surface area contributed by atoms with Gasteiger partial charge in [0.1, 0.15) is 5.82 Å². The van der Waals surface area contributed by atoms with Gasteiger partial charge in [-0.25, -0.2) is 17.7 Å². The summed E-state index contributed by atoms with van der Waals surface area (Å²) < 4.78 is 26.0. The molecular weight excluding hydrogens is 380 g/mol. The first kappa shape index (κ1) is 16.6. The Morgan fingerprint density at radius 2 is 2.26 bits per heavy atom. The third-order valence-corrected chi connectivity index (χ3v) is 6.25. The van der Waals surface area contributed by atoms with Gasteiger partial charge in [0.2, 0.25) is 10.0 Å². The van der Waals surface area contributed by atoms with Crippen molar-refractivity contribution in [2.24, 2.45) is 0 Å². The lowest BCUT2D eigenvalue weighted by Gasteiger charge is -2.13. The molecule has 0 radical (unpaired) electrons. The summed E-state index contributed by atoms with van der Waals surface area (Å²) in [4.78, 5) is 7.63. The maximum atomic E-state index is 11.7. The second-order valence-corrected chi connectivity index (χ2v) is 8.50. The highest BCUT2D eigenvalue weighted by Gasteiger charge is 2.27. The minimum absolute atomic E-state index is 0.279. The zero-order chi connectivity index (χ0) is 16.3. The molecule has 0 unspecified atom stereocenters. The van der Waals surface area contributed by atoms with Crippen LogP contribution >= 0.6 is 15.9 Å². The standard InChI is InChI=1S/C15H19BrN4O2S/c16-13-4-1-3-12(9-13)14-10-18-15(19-14)11-17-5-7-20-6-2-8-23(20,21)22/h1,3-4,9-10,17H,2,5-8,11H2,(H,18,19). The largest absolute Gasteiger partial charge is 0.341 e. The molecule has 3 rings (SSSR count). The number of H-pyrrole nitrogens is 1. The number of hydrogen-bond donors (Lipinski definition) is 2. The maximum absolute atomic E-state index is 11.7. The monoisotopic (exact) mass is 398 g/mol. The molecule has 2 aromatic rings. The fourth-order valence-corrected chi connectivity index (χ4v) is 4.54. The number of imidazole rings is 1. The van der Waals surface area contributed by atoms with Crippen LogP contribution in [0.25, 0.3) is 11.3 Å². The second kappa shape index (κ2) is 7.12. The topological polar surface area (TPSA) is 78.1 Å². The molecule has 1 aromatic heterocycles. The molecule has 2 N–H and O–H groups in total. The molecule has 1 saturated heterocycles. The van der Waals surface area contributed by atoms with Gasteiger partial charge in [-0.1, -0.05) is 28.1 Å². The van der Waals surface area contributed by atoms with Crippen molar-refractivity contribution in [3.05, 3.63) is 40.8 Å². The van der Waals surface area contributed by atoms with E-state index in [4.69, 9.17) is 0 Å². The number of aromatic nitrogens is 2. The first-order valence-corrected chi connectivity index (χ1v) is 9.93. The van der Waals surface area contributed by atoms with E-state index in [2.05, 4.69) is 31.2 Å². The van der Waals surface area contributed by atoms with Crippen LogP contribution in [0.15, 0.2) is 34.9 Å². The number of rotatable bonds is 6. The zero-order valence-corrected chi connectivity index (χ0v) is 15.0. The Bertz CT molecular complexity index is 775. The Kier molecular flexibility index (Phi) is 5.15. The Labute approximate surface area is 144 Å². The van der Waals surface area contributed by atoms with Crippen molar-refractivity contribution < 1.29 is 8.42 Å². The van der Waals surface area contributed by atoms with Gasteiger partial charge in [-0.2, -0.15) is 0 Å². The summed E-state index contributed by atoms with van der Waals surface area (Å²) in [6, 6.07) is 8.01. The summed E-state index contributed by atoms with van der Waals surface area (Å²) >= 11 is 3.46. The van der Waals surface area contributed by atoms with E-state index in [0.29, 0.717) is 26.2 Å². The quantitative estimate of drug-likeness (QED) is 0.729. The van der Waals surface area contributed by atoms with Crippen LogP contribution in [0.5, 0.6) is 0 Å². The summed E-state index contributed by atoms with van der Waals surface area (Å²) in [5, 5.41) is 3.23. The molecule has 0 saturated carbocycles.